The molecule has 39 heavy (non-hydrogen) atoms. The number of halogens is 5. The Labute approximate surface area is 231 Å². The third-order valence-electron chi connectivity index (χ3n) is 6.56. The van der Waals surface area contributed by atoms with Crippen molar-refractivity contribution < 1.29 is 41.2 Å². The summed E-state index contributed by atoms with van der Waals surface area (Å²) in [7, 11) is 0. The fourth-order valence-corrected chi connectivity index (χ4v) is 5.21. The van der Waals surface area contributed by atoms with Crippen LogP contribution in [0, 0.1) is 23.3 Å². The van der Waals surface area contributed by atoms with E-state index in [2.05, 4.69) is 41.8 Å². The van der Waals surface area contributed by atoms with Crippen LogP contribution in [0.2, 0.25) is 0 Å². The Morgan fingerprint density at radius 3 is 2.13 bits per heavy atom. The first-order valence-corrected chi connectivity index (χ1v) is 13.8. The number of rotatable bonds is 8. The maximum Gasteiger partial charge on any atom is 0.282 e. The van der Waals surface area contributed by atoms with Crippen LogP contribution in [0.3, 0.4) is 0 Å². The number of thioether (sulfide) groups is 1. The van der Waals surface area contributed by atoms with Crippen LogP contribution in [-0.2, 0) is 4.79 Å². The Morgan fingerprint density at radius 1 is 1.10 bits per heavy atom. The molecule has 4 N–H and O–H groups in total. The van der Waals surface area contributed by atoms with Crippen LogP contribution in [0.15, 0.2) is 0 Å². The molecule has 9 nitrogen and oxygen atoms in total. The van der Waals surface area contributed by atoms with E-state index in [0.717, 1.165) is 44.4 Å². The van der Waals surface area contributed by atoms with Gasteiger partial charge in [-0.25, -0.2) is 17.6 Å². The summed E-state index contributed by atoms with van der Waals surface area (Å²) in [6.07, 6.45) is 6.64. The molecule has 0 bridgehead atoms. The number of likely N-dealkylation sites (tertiary alicyclic amines) is 1. The van der Waals surface area contributed by atoms with Gasteiger partial charge >= 0.3 is 0 Å². The van der Waals surface area contributed by atoms with Crippen LogP contribution in [0.25, 0.3) is 0 Å². The molecule has 2 fully saturated rings. The highest BCUT2D eigenvalue weighted by Gasteiger charge is 2.51. The number of benzene rings is 1. The van der Waals surface area contributed by atoms with Gasteiger partial charge in [0, 0.05) is 32.5 Å². The zero-order valence-corrected chi connectivity index (χ0v) is 23.0. The number of hydrogen-bond donors (Lipinski definition) is 4. The summed E-state index contributed by atoms with van der Waals surface area (Å²) in [5.41, 5.74) is 1.44. The minimum absolute atomic E-state index is 0.0671. The highest BCUT2D eigenvalue weighted by atomic mass is 32.2. The van der Waals surface area contributed by atoms with Gasteiger partial charge in [-0.2, -0.15) is 17.3 Å². The number of nitrogens with one attached hydrogen (secondary N) is 2. The van der Waals surface area contributed by atoms with Crippen LogP contribution in [-0.4, -0.2) is 76.1 Å². The van der Waals surface area contributed by atoms with Gasteiger partial charge in [-0.15, -0.1) is 0 Å². The molecule has 1 unspecified atom stereocenters. The van der Waals surface area contributed by atoms with E-state index in [0.29, 0.717) is 18.6 Å². The van der Waals surface area contributed by atoms with Gasteiger partial charge in [0.2, 0.25) is 5.91 Å². The molecule has 0 aromatic heterocycles. The van der Waals surface area contributed by atoms with Gasteiger partial charge < -0.3 is 15.5 Å². The molecule has 2 aliphatic rings. The van der Waals surface area contributed by atoms with Crippen molar-refractivity contribution in [3.63, 3.8) is 0 Å². The van der Waals surface area contributed by atoms with Gasteiger partial charge in [0.1, 0.15) is 0 Å². The standard InChI is InChI=1S/C15H27N3O2S2.C8H3F5N2O2/c1-3-4-8-18-13(19)12(5-11-22-2)16-15(18)6-9-17(10-7-15)14(20)21;9-3-1(7(14)16)2(8(17)15-13)4(10)6(12)5(3)11/h12,16H,3-11H2,1-2H3,(H,20,21);(H2,14,16)(H,15,17). The van der Waals surface area contributed by atoms with Crippen molar-refractivity contribution in [1.29, 1.82) is 0 Å². The highest BCUT2D eigenvalue weighted by Crippen LogP contribution is 2.34. The summed E-state index contributed by atoms with van der Waals surface area (Å²) in [6.45, 7) is 4.29. The van der Waals surface area contributed by atoms with Crippen molar-refractivity contribution in [2.45, 2.75) is 50.7 Å². The molecule has 1 spiro atoms. The Balaban J connectivity index is 0.000000283. The molecule has 0 aliphatic carbocycles. The second-order valence-corrected chi connectivity index (χ2v) is 10.3. The molecule has 2 aliphatic heterocycles. The quantitative estimate of drug-likeness (QED) is 0.120. The van der Waals surface area contributed by atoms with E-state index >= 15 is 0 Å². The summed E-state index contributed by atoms with van der Waals surface area (Å²) in [5.74, 6) is -11.6. The number of carbonyl (C=O) groups is 4. The first-order valence-electron chi connectivity index (χ1n) is 12.0. The van der Waals surface area contributed by atoms with Gasteiger partial charge in [-0.1, -0.05) is 30.5 Å². The number of thiol groups is 1. The van der Waals surface area contributed by atoms with Crippen LogP contribution < -0.4 is 16.6 Å². The molecule has 0 saturated carbocycles. The molecule has 0 radical (unpaired) electrons. The lowest BCUT2D eigenvalue weighted by molar-refractivity contribution is -0.133. The molecule has 3 rings (SSSR count). The largest absolute Gasteiger partial charge is 0.365 e. The number of carbonyl (C=O) groups excluding carboxylic acids is 4. The first-order chi connectivity index (χ1) is 18.4. The second kappa shape index (κ2) is 14.2. The number of nitrogens with zero attached hydrogens (tertiary/aromatic N) is 2. The minimum Gasteiger partial charge on any atom is -0.365 e. The molecule has 1 atom stereocenters. The molecule has 16 heteroatoms. The average molecular weight is 600 g/mol. The summed E-state index contributed by atoms with van der Waals surface area (Å²) in [6, 6.07) is -0.0671. The highest BCUT2D eigenvalue weighted by molar-refractivity contribution is 7.98. The van der Waals surface area contributed by atoms with Crippen LogP contribution >= 0.6 is 24.4 Å². The van der Waals surface area contributed by atoms with Crippen LogP contribution in [0.1, 0.15) is 59.7 Å². The average Bonchev–Trinajstić information content (AvgIpc) is 3.16. The third-order valence-corrected chi connectivity index (χ3v) is 7.48. The molecule has 218 valence electrons. The van der Waals surface area contributed by atoms with Crippen molar-refractivity contribution >= 4 is 47.4 Å². The number of unbranched alkanes of at least 4 members (excludes halogenated alkanes) is 1. The van der Waals surface area contributed by atoms with Gasteiger partial charge in [-0.3, -0.25) is 24.5 Å². The lowest BCUT2D eigenvalue weighted by atomic mass is 9.96. The SMILES string of the molecule is CCCCN1C(=O)C(CCSC)NC12CCN(C(=O)S)CC2.NC(=O)c1c(F)c(F)c(F)c(F)c1C(=O)NF. The van der Waals surface area contributed by atoms with Crippen molar-refractivity contribution in [1.82, 2.24) is 20.7 Å². The van der Waals surface area contributed by atoms with E-state index in [1.165, 1.54) is 0 Å². The fourth-order valence-electron chi connectivity index (χ4n) is 4.54. The Bertz CT molecular complexity index is 1110. The molecule has 4 amide bonds. The van der Waals surface area contributed by atoms with E-state index in [-0.39, 0.29) is 22.9 Å². The molecule has 1 aromatic carbocycles. The summed E-state index contributed by atoms with van der Waals surface area (Å²) < 4.78 is 63.4. The molecular weight excluding hydrogens is 569 g/mol. The second-order valence-electron chi connectivity index (χ2n) is 8.92. The van der Waals surface area contributed by atoms with Gasteiger partial charge in [-0.05, 0) is 24.9 Å². The van der Waals surface area contributed by atoms with Crippen molar-refractivity contribution in [3.05, 3.63) is 34.4 Å². The molecule has 2 saturated heterocycles. The van der Waals surface area contributed by atoms with Gasteiger partial charge in [0.15, 0.2) is 23.3 Å². The van der Waals surface area contributed by atoms with Crippen molar-refractivity contribution in [2.75, 3.05) is 31.6 Å². The Hall–Kier alpha value is -2.59. The normalized spacial score (nSPS) is 18.2. The zero-order chi connectivity index (χ0) is 29.5. The van der Waals surface area contributed by atoms with E-state index < -0.39 is 46.2 Å². The topological polar surface area (TPSA) is 125 Å². The van der Waals surface area contributed by atoms with Crippen LogP contribution in [0.4, 0.5) is 26.8 Å². The summed E-state index contributed by atoms with van der Waals surface area (Å²) in [4.78, 5) is 49.5. The lowest BCUT2D eigenvalue weighted by Crippen LogP contribution is -2.59. The van der Waals surface area contributed by atoms with E-state index in [9.17, 15) is 41.2 Å². The Kier molecular flexibility index (Phi) is 11.8. The number of primary amides is 1. The maximum absolute atomic E-state index is 13.1. The number of piperidine rings is 1. The maximum atomic E-state index is 13.1. The zero-order valence-electron chi connectivity index (χ0n) is 21.3. The summed E-state index contributed by atoms with van der Waals surface area (Å²) in [5, 5.41) is 3.44. The number of amides is 4. The van der Waals surface area contributed by atoms with E-state index in [4.69, 9.17) is 0 Å². The minimum atomic E-state index is -2.36. The summed E-state index contributed by atoms with van der Waals surface area (Å²) >= 11 is 5.69. The molecule has 2 heterocycles. The van der Waals surface area contributed by atoms with Gasteiger partial charge in [0.05, 0.1) is 22.8 Å². The van der Waals surface area contributed by atoms with Crippen LogP contribution in [0.5, 0.6) is 0 Å². The van der Waals surface area contributed by atoms with Crippen molar-refractivity contribution in [3.8, 4) is 0 Å². The Morgan fingerprint density at radius 2 is 1.67 bits per heavy atom. The van der Waals surface area contributed by atoms with Crippen molar-refractivity contribution in [2.24, 2.45) is 5.73 Å². The third kappa shape index (κ3) is 7.14. The molecular formula is C23H30F5N5O4S2. The predicted octanol–water partition coefficient (Wildman–Crippen LogP) is 3.14. The van der Waals surface area contributed by atoms with Gasteiger partial charge in [0.25, 0.3) is 17.1 Å². The number of nitrogens with two attached hydrogens (primary N) is 1. The number of hydrogen-bond acceptors (Lipinski definition) is 6. The lowest BCUT2D eigenvalue weighted by Gasteiger charge is -2.44. The monoisotopic (exact) mass is 599 g/mol. The predicted molar refractivity (Wildman–Crippen MR) is 138 cm³/mol. The first kappa shape index (κ1) is 32.6. The van der Waals surface area contributed by atoms with E-state index in [1.54, 1.807) is 16.7 Å². The fraction of sp³-hybridized carbons (Fsp3) is 0.565. The molecule has 1 aromatic rings. The van der Waals surface area contributed by atoms with E-state index in [1.807, 2.05) is 0 Å². The smallest absolute Gasteiger partial charge is 0.282 e.